The van der Waals surface area contributed by atoms with E-state index < -0.39 is 17.0 Å². The van der Waals surface area contributed by atoms with Crippen LogP contribution in [-0.2, 0) is 26.3 Å². The fourth-order valence-corrected chi connectivity index (χ4v) is 3.26. The van der Waals surface area contributed by atoms with Crippen molar-refractivity contribution in [3.63, 3.8) is 0 Å². The molecule has 2 atom stereocenters. The largest absolute Gasteiger partial charge is 0.465 e. The molecule has 0 saturated heterocycles. The van der Waals surface area contributed by atoms with Crippen LogP contribution in [0.15, 0.2) is 28.7 Å². The molecule has 0 aliphatic heterocycles. The van der Waals surface area contributed by atoms with Crippen LogP contribution in [-0.4, -0.2) is 22.8 Å². The molecule has 4 nitrogen and oxygen atoms in total. The lowest BCUT2D eigenvalue weighted by Crippen LogP contribution is -2.48. The molecule has 1 aromatic rings. The first kappa shape index (κ1) is 18.3. The first-order chi connectivity index (χ1) is 9.74. The Morgan fingerprint density at radius 2 is 1.90 bits per heavy atom. The van der Waals surface area contributed by atoms with E-state index in [0.717, 1.165) is 10.0 Å². The minimum atomic E-state index is -1.34. The molecule has 0 bridgehead atoms. The maximum atomic E-state index is 12.2. The average Bonchev–Trinajstić information content (AvgIpc) is 2.37. The van der Waals surface area contributed by atoms with E-state index in [2.05, 4.69) is 20.7 Å². The number of esters is 1. The first-order valence-electron chi connectivity index (χ1n) is 6.79. The van der Waals surface area contributed by atoms with Crippen LogP contribution in [0.1, 0.15) is 33.3 Å². The Morgan fingerprint density at radius 1 is 1.33 bits per heavy atom. The number of rotatable bonds is 6. The first-order valence-corrected chi connectivity index (χ1v) is 8.91. The molecule has 0 spiro atoms. The van der Waals surface area contributed by atoms with E-state index >= 15 is 0 Å². The topological polar surface area (TPSA) is 55.4 Å². The second-order valence-corrected chi connectivity index (χ2v) is 7.92. The van der Waals surface area contributed by atoms with Gasteiger partial charge in [-0.3, -0.25) is 4.79 Å². The number of halogens is 1. The molecular weight excluding hydrogens is 354 g/mol. The molecule has 118 valence electrons. The summed E-state index contributed by atoms with van der Waals surface area (Å²) in [6.45, 7) is 7.82. The summed E-state index contributed by atoms with van der Waals surface area (Å²) in [6, 6.07) is 7.01. The summed E-state index contributed by atoms with van der Waals surface area (Å²) in [4.78, 5) is 12.0. The Labute approximate surface area is 137 Å². The van der Waals surface area contributed by atoms with Gasteiger partial charge in [0, 0.05) is 4.47 Å². The standard InChI is InChI=1S/C15H22BrNO3S/c1-5-20-14(18)13(15(2,3)4)17-21(19)10-11-6-8-12(16)9-7-11/h6-9,13,17H,5,10H2,1-4H3/t13-,21+/m1/s1. The molecule has 1 N–H and O–H groups in total. The number of ether oxygens (including phenoxy) is 1. The number of carbonyl (C=O) groups is 1. The van der Waals surface area contributed by atoms with Gasteiger partial charge in [-0.15, -0.1) is 0 Å². The molecule has 0 aliphatic carbocycles. The van der Waals surface area contributed by atoms with Crippen LogP contribution < -0.4 is 4.72 Å². The van der Waals surface area contributed by atoms with Gasteiger partial charge in [-0.05, 0) is 30.0 Å². The average molecular weight is 376 g/mol. The normalized spacial score (nSPS) is 14.5. The Morgan fingerprint density at radius 3 is 2.38 bits per heavy atom. The molecule has 1 aromatic carbocycles. The van der Waals surface area contributed by atoms with Gasteiger partial charge in [0.2, 0.25) is 0 Å². The van der Waals surface area contributed by atoms with Gasteiger partial charge in [0.15, 0.2) is 0 Å². The molecule has 0 unspecified atom stereocenters. The van der Waals surface area contributed by atoms with Crippen LogP contribution in [0.25, 0.3) is 0 Å². The van der Waals surface area contributed by atoms with Gasteiger partial charge in [-0.1, -0.05) is 48.8 Å². The van der Waals surface area contributed by atoms with Crippen molar-refractivity contribution in [1.29, 1.82) is 0 Å². The van der Waals surface area contributed by atoms with Gasteiger partial charge < -0.3 is 4.74 Å². The molecule has 1 rings (SSSR count). The van der Waals surface area contributed by atoms with E-state index in [0.29, 0.717) is 12.4 Å². The molecule has 0 saturated carbocycles. The van der Waals surface area contributed by atoms with E-state index in [4.69, 9.17) is 4.74 Å². The lowest BCUT2D eigenvalue weighted by molar-refractivity contribution is -0.147. The minimum Gasteiger partial charge on any atom is -0.465 e. The third-order valence-electron chi connectivity index (χ3n) is 2.85. The SMILES string of the molecule is CCOC(=O)[C@@H](N[S@@](=O)Cc1ccc(Br)cc1)C(C)(C)C. The zero-order valence-electron chi connectivity index (χ0n) is 12.8. The van der Waals surface area contributed by atoms with Gasteiger partial charge in [0.05, 0.1) is 23.3 Å². The van der Waals surface area contributed by atoms with E-state index in [1.54, 1.807) is 6.92 Å². The summed E-state index contributed by atoms with van der Waals surface area (Å²) in [5.41, 5.74) is 0.572. The zero-order chi connectivity index (χ0) is 16.0. The van der Waals surface area contributed by atoms with Crippen LogP contribution in [0.3, 0.4) is 0 Å². The fraction of sp³-hybridized carbons (Fsp3) is 0.533. The second-order valence-electron chi connectivity index (χ2n) is 5.79. The molecule has 6 heteroatoms. The van der Waals surface area contributed by atoms with Crippen molar-refractivity contribution in [3.8, 4) is 0 Å². The summed E-state index contributed by atoms with van der Waals surface area (Å²) < 4.78 is 21.2. The monoisotopic (exact) mass is 375 g/mol. The van der Waals surface area contributed by atoms with Crippen molar-refractivity contribution in [2.45, 2.75) is 39.5 Å². The van der Waals surface area contributed by atoms with Crippen LogP contribution >= 0.6 is 15.9 Å². The van der Waals surface area contributed by atoms with E-state index in [-0.39, 0.29) is 11.4 Å². The predicted octanol–water partition coefficient (Wildman–Crippen LogP) is 3.18. The van der Waals surface area contributed by atoms with Crippen LogP contribution in [0, 0.1) is 5.41 Å². The predicted molar refractivity (Wildman–Crippen MR) is 89.0 cm³/mol. The molecule has 0 radical (unpaired) electrons. The Bertz CT molecular complexity index is 497. The van der Waals surface area contributed by atoms with Crippen molar-refractivity contribution in [2.75, 3.05) is 6.61 Å². The van der Waals surface area contributed by atoms with Gasteiger partial charge in [0.1, 0.15) is 6.04 Å². The van der Waals surface area contributed by atoms with Crippen LogP contribution in [0.5, 0.6) is 0 Å². The highest BCUT2D eigenvalue weighted by Gasteiger charge is 2.33. The number of nitrogens with one attached hydrogen (secondary N) is 1. The molecular formula is C15H22BrNO3S. The Hall–Kier alpha value is -0.720. The summed E-state index contributed by atoms with van der Waals surface area (Å²) in [7, 11) is -1.34. The van der Waals surface area contributed by atoms with Crippen molar-refractivity contribution >= 4 is 32.9 Å². The van der Waals surface area contributed by atoms with Crippen molar-refractivity contribution in [2.24, 2.45) is 5.41 Å². The molecule has 21 heavy (non-hydrogen) atoms. The third kappa shape index (κ3) is 6.28. The highest BCUT2D eigenvalue weighted by atomic mass is 79.9. The summed E-state index contributed by atoms with van der Waals surface area (Å²) >= 11 is 3.36. The molecule has 0 aliphatic rings. The quantitative estimate of drug-likeness (QED) is 0.776. The van der Waals surface area contributed by atoms with Gasteiger partial charge in [0.25, 0.3) is 0 Å². The van der Waals surface area contributed by atoms with E-state index in [9.17, 15) is 9.00 Å². The third-order valence-corrected chi connectivity index (χ3v) is 4.47. The van der Waals surface area contributed by atoms with Gasteiger partial charge >= 0.3 is 5.97 Å². The fourth-order valence-electron chi connectivity index (χ4n) is 1.71. The Balaban J connectivity index is 2.72. The Kier molecular flexibility index (Phi) is 7.03. The number of hydrogen-bond acceptors (Lipinski definition) is 3. The minimum absolute atomic E-state index is 0.312. The highest BCUT2D eigenvalue weighted by Crippen LogP contribution is 2.21. The molecule has 0 fully saturated rings. The van der Waals surface area contributed by atoms with Crippen molar-refractivity contribution in [1.82, 2.24) is 4.72 Å². The van der Waals surface area contributed by atoms with Crippen LogP contribution in [0.4, 0.5) is 0 Å². The number of hydrogen-bond donors (Lipinski definition) is 1. The summed E-state index contributed by atoms with van der Waals surface area (Å²) in [5, 5.41) is 0. The second kappa shape index (κ2) is 8.06. The summed E-state index contributed by atoms with van der Waals surface area (Å²) in [5.74, 6) is -0.0200. The maximum absolute atomic E-state index is 12.2. The van der Waals surface area contributed by atoms with E-state index in [1.165, 1.54) is 0 Å². The van der Waals surface area contributed by atoms with Gasteiger partial charge in [-0.2, -0.15) is 0 Å². The molecule has 0 heterocycles. The van der Waals surface area contributed by atoms with Gasteiger partial charge in [-0.25, -0.2) is 8.93 Å². The van der Waals surface area contributed by atoms with Crippen molar-refractivity contribution < 1.29 is 13.7 Å². The number of benzene rings is 1. The van der Waals surface area contributed by atoms with Crippen molar-refractivity contribution in [3.05, 3.63) is 34.3 Å². The zero-order valence-corrected chi connectivity index (χ0v) is 15.2. The van der Waals surface area contributed by atoms with Crippen LogP contribution in [0.2, 0.25) is 0 Å². The highest BCUT2D eigenvalue weighted by molar-refractivity contribution is 9.10. The lowest BCUT2D eigenvalue weighted by atomic mass is 9.87. The smallest absolute Gasteiger partial charge is 0.324 e. The molecule has 0 aromatic heterocycles. The molecule has 0 amide bonds. The number of carbonyl (C=O) groups excluding carboxylic acids is 1. The van der Waals surface area contributed by atoms with E-state index in [1.807, 2.05) is 45.0 Å². The summed E-state index contributed by atoms with van der Waals surface area (Å²) in [6.07, 6.45) is 0. The lowest BCUT2D eigenvalue weighted by Gasteiger charge is -2.29. The maximum Gasteiger partial charge on any atom is 0.324 e.